The van der Waals surface area contributed by atoms with Crippen LogP contribution in [0.15, 0.2) is 28.8 Å². The van der Waals surface area contributed by atoms with E-state index in [0.717, 1.165) is 0 Å². The van der Waals surface area contributed by atoms with Crippen LogP contribution in [0.1, 0.15) is 23.0 Å². The molecule has 0 aliphatic carbocycles. The van der Waals surface area contributed by atoms with Gasteiger partial charge in [-0.3, -0.25) is 0 Å². The van der Waals surface area contributed by atoms with E-state index < -0.39 is 5.97 Å². The molecule has 0 saturated carbocycles. The van der Waals surface area contributed by atoms with Crippen LogP contribution in [0.2, 0.25) is 0 Å². The molecule has 0 atom stereocenters. The number of benzene rings is 1. The largest absolute Gasteiger partial charge is 0.497 e. The second-order valence-electron chi connectivity index (χ2n) is 3.72. The summed E-state index contributed by atoms with van der Waals surface area (Å²) in [6.07, 6.45) is 0.491. The van der Waals surface area contributed by atoms with E-state index in [4.69, 9.17) is 9.26 Å². The lowest BCUT2D eigenvalue weighted by molar-refractivity contribution is 0.0695. The van der Waals surface area contributed by atoms with Crippen LogP contribution in [0.3, 0.4) is 0 Å². The lowest BCUT2D eigenvalue weighted by Gasteiger charge is -2.01. The molecule has 1 aromatic carbocycles. The van der Waals surface area contributed by atoms with Crippen LogP contribution in [0.4, 0.5) is 0 Å². The molecule has 0 amide bonds. The van der Waals surface area contributed by atoms with Crippen molar-refractivity contribution in [2.24, 2.45) is 0 Å². The molecule has 0 radical (unpaired) electrons. The summed E-state index contributed by atoms with van der Waals surface area (Å²) in [5.41, 5.74) is 1.17. The van der Waals surface area contributed by atoms with Crippen LogP contribution in [-0.4, -0.2) is 23.3 Å². The number of hydrogen-bond donors (Lipinski definition) is 1. The highest BCUT2D eigenvalue weighted by atomic mass is 16.5. The molecular formula is C13H13NO4. The zero-order valence-electron chi connectivity index (χ0n) is 10.1. The monoisotopic (exact) mass is 247 g/mol. The first-order valence-electron chi connectivity index (χ1n) is 5.53. The van der Waals surface area contributed by atoms with Crippen molar-refractivity contribution < 1.29 is 19.2 Å². The standard InChI is InChI=1S/C13H13NO4/c1-3-10-11(13(15)16)12(14-18-10)8-4-6-9(17-2)7-5-8/h4-7H,3H2,1-2H3,(H,15,16). The Morgan fingerprint density at radius 1 is 1.39 bits per heavy atom. The van der Waals surface area contributed by atoms with Gasteiger partial charge in [0.2, 0.25) is 0 Å². The Morgan fingerprint density at radius 3 is 2.56 bits per heavy atom. The predicted octanol–water partition coefficient (Wildman–Crippen LogP) is 2.61. The van der Waals surface area contributed by atoms with Crippen LogP contribution in [0.5, 0.6) is 5.75 Å². The van der Waals surface area contributed by atoms with Crippen molar-refractivity contribution in [3.8, 4) is 17.0 Å². The number of rotatable bonds is 4. The fraction of sp³-hybridized carbons (Fsp3) is 0.231. The number of hydrogen-bond acceptors (Lipinski definition) is 4. The number of aromatic nitrogens is 1. The summed E-state index contributed by atoms with van der Waals surface area (Å²) in [5.74, 6) is 0.0575. The van der Waals surface area contributed by atoms with Gasteiger partial charge in [0.05, 0.1) is 7.11 Å². The van der Waals surface area contributed by atoms with E-state index in [1.807, 2.05) is 6.92 Å². The molecule has 0 aliphatic rings. The van der Waals surface area contributed by atoms with Crippen molar-refractivity contribution in [3.05, 3.63) is 35.6 Å². The maximum absolute atomic E-state index is 11.2. The van der Waals surface area contributed by atoms with Gasteiger partial charge in [-0.05, 0) is 24.3 Å². The average Bonchev–Trinajstić information content (AvgIpc) is 2.82. The summed E-state index contributed by atoms with van der Waals surface area (Å²) in [7, 11) is 1.57. The maximum atomic E-state index is 11.2. The Labute approximate surface area is 104 Å². The maximum Gasteiger partial charge on any atom is 0.341 e. The van der Waals surface area contributed by atoms with Crippen LogP contribution in [0, 0.1) is 0 Å². The fourth-order valence-electron chi connectivity index (χ4n) is 1.73. The van der Waals surface area contributed by atoms with Gasteiger partial charge in [0.1, 0.15) is 17.0 Å². The molecule has 2 aromatic rings. The molecule has 5 nitrogen and oxygen atoms in total. The third kappa shape index (κ3) is 2.07. The Balaban J connectivity index is 2.49. The highest BCUT2D eigenvalue weighted by molar-refractivity contribution is 5.95. The molecule has 0 spiro atoms. The minimum absolute atomic E-state index is 0.127. The van der Waals surface area contributed by atoms with Crippen molar-refractivity contribution >= 4 is 5.97 Å². The van der Waals surface area contributed by atoms with Gasteiger partial charge in [-0.25, -0.2) is 4.79 Å². The summed E-state index contributed by atoms with van der Waals surface area (Å²) in [6, 6.07) is 7.01. The van der Waals surface area contributed by atoms with Gasteiger partial charge < -0.3 is 14.4 Å². The van der Waals surface area contributed by atoms with Gasteiger partial charge in [0.25, 0.3) is 0 Å². The molecule has 2 rings (SSSR count). The number of ether oxygens (including phenoxy) is 1. The molecule has 0 aliphatic heterocycles. The van der Waals surface area contributed by atoms with Crippen LogP contribution < -0.4 is 4.74 Å². The van der Waals surface area contributed by atoms with E-state index in [9.17, 15) is 9.90 Å². The second-order valence-corrected chi connectivity index (χ2v) is 3.72. The summed E-state index contributed by atoms with van der Waals surface area (Å²) in [4.78, 5) is 11.2. The van der Waals surface area contributed by atoms with Crippen LogP contribution >= 0.6 is 0 Å². The third-order valence-corrected chi connectivity index (χ3v) is 2.66. The van der Waals surface area contributed by atoms with Gasteiger partial charge >= 0.3 is 5.97 Å². The van der Waals surface area contributed by atoms with Gasteiger partial charge in [-0.2, -0.15) is 0 Å². The highest BCUT2D eigenvalue weighted by Crippen LogP contribution is 2.27. The van der Waals surface area contributed by atoms with Gasteiger partial charge in [0.15, 0.2) is 5.76 Å². The number of carboxylic acids is 1. The molecule has 0 unspecified atom stereocenters. The molecule has 0 bridgehead atoms. The highest BCUT2D eigenvalue weighted by Gasteiger charge is 2.22. The molecular weight excluding hydrogens is 234 g/mol. The lowest BCUT2D eigenvalue weighted by atomic mass is 10.1. The number of aryl methyl sites for hydroxylation is 1. The first-order chi connectivity index (χ1) is 8.67. The summed E-state index contributed by atoms with van der Waals surface area (Å²) < 4.78 is 10.1. The number of carbonyl (C=O) groups is 1. The summed E-state index contributed by atoms with van der Waals surface area (Å²) in [5, 5.41) is 13.0. The van der Waals surface area contributed by atoms with E-state index in [-0.39, 0.29) is 5.56 Å². The quantitative estimate of drug-likeness (QED) is 0.899. The van der Waals surface area contributed by atoms with E-state index in [0.29, 0.717) is 29.2 Å². The molecule has 1 N–H and O–H groups in total. The molecule has 18 heavy (non-hydrogen) atoms. The zero-order chi connectivity index (χ0) is 13.1. The van der Waals surface area contributed by atoms with Gasteiger partial charge in [-0.15, -0.1) is 0 Å². The van der Waals surface area contributed by atoms with Crippen molar-refractivity contribution in [2.45, 2.75) is 13.3 Å². The van der Waals surface area contributed by atoms with E-state index in [1.165, 1.54) is 0 Å². The van der Waals surface area contributed by atoms with E-state index >= 15 is 0 Å². The van der Waals surface area contributed by atoms with Crippen LogP contribution in [0.25, 0.3) is 11.3 Å². The Morgan fingerprint density at radius 2 is 2.06 bits per heavy atom. The molecule has 94 valence electrons. The Kier molecular flexibility index (Phi) is 3.32. The topological polar surface area (TPSA) is 72.6 Å². The molecule has 5 heteroatoms. The SMILES string of the molecule is CCc1onc(-c2ccc(OC)cc2)c1C(=O)O. The minimum Gasteiger partial charge on any atom is -0.497 e. The number of nitrogens with zero attached hydrogens (tertiary/aromatic N) is 1. The van der Waals surface area contributed by atoms with Gasteiger partial charge in [0, 0.05) is 12.0 Å². The smallest absolute Gasteiger partial charge is 0.341 e. The molecule has 1 aromatic heterocycles. The molecule has 0 saturated heterocycles. The summed E-state index contributed by atoms with van der Waals surface area (Å²) in [6.45, 7) is 1.82. The summed E-state index contributed by atoms with van der Waals surface area (Å²) >= 11 is 0. The number of carboxylic acid groups (broad SMARTS) is 1. The third-order valence-electron chi connectivity index (χ3n) is 2.66. The van der Waals surface area contributed by atoms with Crippen molar-refractivity contribution in [1.82, 2.24) is 5.16 Å². The van der Waals surface area contributed by atoms with E-state index in [2.05, 4.69) is 5.16 Å². The number of methoxy groups -OCH3 is 1. The first kappa shape index (κ1) is 12.2. The molecule has 0 fully saturated rings. The number of aromatic carboxylic acids is 1. The van der Waals surface area contributed by atoms with Gasteiger partial charge in [-0.1, -0.05) is 12.1 Å². The Hall–Kier alpha value is -2.30. The van der Waals surface area contributed by atoms with Crippen molar-refractivity contribution in [2.75, 3.05) is 7.11 Å². The molecule has 1 heterocycles. The van der Waals surface area contributed by atoms with Crippen LogP contribution in [-0.2, 0) is 6.42 Å². The van der Waals surface area contributed by atoms with E-state index in [1.54, 1.807) is 31.4 Å². The second kappa shape index (κ2) is 4.91. The zero-order valence-corrected chi connectivity index (χ0v) is 10.1. The lowest BCUT2D eigenvalue weighted by Crippen LogP contribution is -2.00. The first-order valence-corrected chi connectivity index (χ1v) is 5.53. The minimum atomic E-state index is -1.03. The predicted molar refractivity (Wildman–Crippen MR) is 64.8 cm³/mol. The van der Waals surface area contributed by atoms with Crippen molar-refractivity contribution in [1.29, 1.82) is 0 Å². The fourth-order valence-corrected chi connectivity index (χ4v) is 1.73. The Bertz CT molecular complexity index is 557. The van der Waals surface area contributed by atoms with Crippen molar-refractivity contribution in [3.63, 3.8) is 0 Å². The average molecular weight is 247 g/mol. The normalized spacial score (nSPS) is 10.3.